The molecule has 304 valence electrons. The predicted molar refractivity (Wildman–Crippen MR) is 225 cm³/mol. The van der Waals surface area contributed by atoms with Gasteiger partial charge in [-0.05, 0) is 86.4 Å². The van der Waals surface area contributed by atoms with Gasteiger partial charge in [-0.25, -0.2) is 13.1 Å². The van der Waals surface area contributed by atoms with E-state index in [2.05, 4.69) is 37.9 Å². The Hall–Kier alpha value is -4.51. The molecule has 0 spiro atoms. The van der Waals surface area contributed by atoms with Crippen LogP contribution in [0.3, 0.4) is 0 Å². The molecule has 57 heavy (non-hydrogen) atoms. The van der Waals surface area contributed by atoms with Gasteiger partial charge in [0.1, 0.15) is 11.4 Å². The van der Waals surface area contributed by atoms with E-state index < -0.39 is 20.9 Å². The van der Waals surface area contributed by atoms with E-state index in [1.54, 1.807) is 43.1 Å². The maximum Gasteiger partial charge on any atom is 0.293 e. The Morgan fingerprint density at radius 1 is 0.912 bits per heavy atom. The average molecular weight is 817 g/mol. The highest BCUT2D eigenvalue weighted by Gasteiger charge is 2.26. The molecule has 4 aromatic carbocycles. The van der Waals surface area contributed by atoms with E-state index in [4.69, 9.17) is 9.47 Å². The summed E-state index contributed by atoms with van der Waals surface area (Å²) in [6.45, 7) is 9.21. The fourth-order valence-corrected chi connectivity index (χ4v) is 8.98. The van der Waals surface area contributed by atoms with Gasteiger partial charge in [0, 0.05) is 79.7 Å². The molecule has 15 heteroatoms. The van der Waals surface area contributed by atoms with Crippen molar-refractivity contribution >= 4 is 39.1 Å². The number of thioether (sulfide) groups is 1. The number of benzene rings is 4. The van der Waals surface area contributed by atoms with Gasteiger partial charge in [0.05, 0.1) is 30.1 Å². The molecule has 1 atom stereocenters. The second kappa shape index (κ2) is 20.3. The lowest BCUT2D eigenvalue weighted by molar-refractivity contribution is -0.384. The highest BCUT2D eigenvalue weighted by molar-refractivity contribution is 7.99. The number of nitro benzene ring substituents is 1. The van der Waals surface area contributed by atoms with E-state index in [0.29, 0.717) is 11.5 Å². The Morgan fingerprint density at radius 3 is 2.33 bits per heavy atom. The van der Waals surface area contributed by atoms with Crippen molar-refractivity contribution in [1.82, 2.24) is 19.4 Å². The van der Waals surface area contributed by atoms with Gasteiger partial charge in [-0.15, -0.1) is 11.8 Å². The second-order valence-corrected chi connectivity index (χ2v) is 17.2. The van der Waals surface area contributed by atoms with Crippen LogP contribution in [-0.2, 0) is 21.2 Å². The number of amides is 1. The van der Waals surface area contributed by atoms with Crippen molar-refractivity contribution in [3.63, 3.8) is 0 Å². The molecule has 0 aliphatic carbocycles. The van der Waals surface area contributed by atoms with Crippen molar-refractivity contribution in [2.24, 2.45) is 0 Å². The zero-order valence-corrected chi connectivity index (χ0v) is 34.2. The fourth-order valence-electron chi connectivity index (χ4n) is 6.99. The van der Waals surface area contributed by atoms with Gasteiger partial charge in [0.2, 0.25) is 0 Å². The quantitative estimate of drug-likeness (QED) is 0.0705. The molecular weight excluding hydrogens is 765 g/mol. The molecule has 0 saturated carbocycles. The van der Waals surface area contributed by atoms with E-state index in [9.17, 15) is 23.3 Å². The van der Waals surface area contributed by atoms with Crippen LogP contribution in [-0.4, -0.2) is 125 Å². The summed E-state index contributed by atoms with van der Waals surface area (Å²) in [5.74, 6) is 0.503. The van der Waals surface area contributed by atoms with E-state index in [1.807, 2.05) is 42.5 Å². The van der Waals surface area contributed by atoms with Crippen molar-refractivity contribution in [1.29, 1.82) is 0 Å². The molecule has 1 amide bonds. The zero-order valence-electron chi connectivity index (χ0n) is 32.6. The number of carbonyl (C=O) groups excluding carboxylic acids is 1. The summed E-state index contributed by atoms with van der Waals surface area (Å²) in [7, 11) is -0.725. The molecule has 0 aromatic heterocycles. The SMILES string of the molecule is COc1cc(CCCN2CCOCC2)ccc1-c1ccc(C(=O)NS(=O)(=O)c2ccc(N[C@H](CCN3CCN(C)CC3)CSc3ccccc3)c([N+](=O)[O-])c2)cc1. The number of nitro groups is 1. The van der Waals surface area contributed by atoms with Crippen LogP contribution < -0.4 is 14.8 Å². The summed E-state index contributed by atoms with van der Waals surface area (Å²) in [6.07, 6.45) is 2.68. The Balaban J connectivity index is 1.10. The Labute approximate surface area is 339 Å². The number of carbonyl (C=O) groups is 1. The number of piperazine rings is 1. The number of methoxy groups -OCH3 is 1. The number of sulfonamides is 1. The van der Waals surface area contributed by atoms with Crippen molar-refractivity contribution in [3.05, 3.63) is 112 Å². The Bertz CT molecular complexity index is 2060. The van der Waals surface area contributed by atoms with Crippen molar-refractivity contribution in [2.45, 2.75) is 35.1 Å². The number of ether oxygens (including phenoxy) is 2. The summed E-state index contributed by atoms with van der Waals surface area (Å²) < 4.78 is 40.1. The maximum atomic E-state index is 13.4. The summed E-state index contributed by atoms with van der Waals surface area (Å²) >= 11 is 1.66. The minimum atomic E-state index is -4.45. The van der Waals surface area contributed by atoms with Gasteiger partial charge in [0.15, 0.2) is 0 Å². The fraction of sp³-hybridized carbons (Fsp3) is 0.405. The predicted octanol–water partition coefficient (Wildman–Crippen LogP) is 5.86. The first kappa shape index (κ1) is 42.1. The molecular formula is C42H52N6O7S2. The molecule has 2 heterocycles. The zero-order chi connectivity index (χ0) is 40.2. The third kappa shape index (κ3) is 12.0. The molecule has 4 aromatic rings. The Kier molecular flexibility index (Phi) is 15.0. The normalized spacial score (nSPS) is 16.2. The molecule has 6 rings (SSSR count). The van der Waals surface area contributed by atoms with Gasteiger partial charge in [-0.3, -0.25) is 19.8 Å². The van der Waals surface area contributed by atoms with Gasteiger partial charge >= 0.3 is 0 Å². The number of anilines is 1. The van der Waals surface area contributed by atoms with Gasteiger partial charge < -0.3 is 24.6 Å². The molecule has 2 fully saturated rings. The minimum absolute atomic E-state index is 0.118. The number of hydrogen-bond acceptors (Lipinski definition) is 12. The highest BCUT2D eigenvalue weighted by Crippen LogP contribution is 2.33. The van der Waals surface area contributed by atoms with Gasteiger partial charge in [0.25, 0.3) is 21.6 Å². The van der Waals surface area contributed by atoms with E-state index >= 15 is 0 Å². The van der Waals surface area contributed by atoms with Crippen LogP contribution in [0.1, 0.15) is 28.8 Å². The van der Waals surface area contributed by atoms with Crippen molar-refractivity contribution < 1.29 is 27.6 Å². The van der Waals surface area contributed by atoms with E-state index in [1.165, 1.54) is 12.1 Å². The van der Waals surface area contributed by atoms with Crippen LogP contribution in [0.2, 0.25) is 0 Å². The maximum absolute atomic E-state index is 13.4. The Morgan fingerprint density at radius 2 is 1.63 bits per heavy atom. The monoisotopic (exact) mass is 816 g/mol. The number of nitrogens with one attached hydrogen (secondary N) is 2. The number of rotatable bonds is 18. The first-order valence-electron chi connectivity index (χ1n) is 19.4. The summed E-state index contributed by atoms with van der Waals surface area (Å²) in [6, 6.07) is 26.2. The molecule has 0 unspecified atom stereocenters. The van der Waals surface area contributed by atoms with Crippen LogP contribution in [0.25, 0.3) is 11.1 Å². The van der Waals surface area contributed by atoms with Crippen LogP contribution in [0.15, 0.2) is 101 Å². The minimum Gasteiger partial charge on any atom is -0.496 e. The van der Waals surface area contributed by atoms with Crippen LogP contribution in [0.5, 0.6) is 5.75 Å². The first-order valence-corrected chi connectivity index (χ1v) is 21.8. The molecule has 2 N–H and O–H groups in total. The standard InChI is InChI=1S/C42H52N6O7S2/c1-45-21-23-47(24-22-45)20-18-35(31-56-36-8-4-3-5-9-36)43-39-17-15-37(30-40(39)48(50)51)57(52,53)44-42(49)34-13-11-33(12-14-34)38-16-10-32(29-41(38)54-2)7-6-19-46-25-27-55-28-26-46/h3-5,8-17,29-30,35,43H,6-7,18-28,31H2,1-2H3,(H,44,49)/t35-/m1/s1. The first-order chi connectivity index (χ1) is 27.6. The lowest BCUT2D eigenvalue weighted by Crippen LogP contribution is -2.45. The molecule has 2 saturated heterocycles. The molecule has 2 aliphatic rings. The molecule has 0 bridgehead atoms. The summed E-state index contributed by atoms with van der Waals surface area (Å²) in [5, 5.41) is 15.7. The van der Waals surface area contributed by atoms with E-state index in [0.717, 1.165) is 112 Å². The van der Waals surface area contributed by atoms with Gasteiger partial charge in [-0.2, -0.15) is 0 Å². The number of morpholine rings is 1. The number of nitrogens with zero attached hydrogens (tertiary/aromatic N) is 4. The molecule has 2 aliphatic heterocycles. The second-order valence-electron chi connectivity index (χ2n) is 14.4. The van der Waals surface area contributed by atoms with Crippen molar-refractivity contribution in [2.75, 3.05) is 90.8 Å². The average Bonchev–Trinajstić information content (AvgIpc) is 3.23. The summed E-state index contributed by atoms with van der Waals surface area (Å²) in [4.78, 5) is 32.7. The topological polar surface area (TPSA) is 147 Å². The number of likely N-dealkylation sites (N-methyl/N-ethyl adjacent to an activating group) is 1. The largest absolute Gasteiger partial charge is 0.496 e. The van der Waals surface area contributed by atoms with E-state index in [-0.39, 0.29) is 27.9 Å². The third-order valence-electron chi connectivity index (χ3n) is 10.4. The number of aryl methyl sites for hydroxylation is 1. The lowest BCUT2D eigenvalue weighted by atomic mass is 9.99. The smallest absolute Gasteiger partial charge is 0.293 e. The summed E-state index contributed by atoms with van der Waals surface area (Å²) in [5.41, 5.74) is 2.75. The third-order valence-corrected chi connectivity index (χ3v) is 12.9. The van der Waals surface area contributed by atoms with Crippen LogP contribution >= 0.6 is 11.8 Å². The van der Waals surface area contributed by atoms with Gasteiger partial charge in [-0.1, -0.05) is 42.5 Å². The van der Waals surface area contributed by atoms with Crippen molar-refractivity contribution in [3.8, 4) is 16.9 Å². The molecule has 0 radical (unpaired) electrons. The highest BCUT2D eigenvalue weighted by atomic mass is 32.2. The van der Waals surface area contributed by atoms with Crippen LogP contribution in [0, 0.1) is 10.1 Å². The number of hydrogen-bond donors (Lipinski definition) is 2. The molecule has 13 nitrogen and oxygen atoms in total. The van der Waals surface area contributed by atoms with Crippen LogP contribution in [0.4, 0.5) is 11.4 Å². The lowest BCUT2D eigenvalue weighted by Gasteiger charge is -2.33.